The predicted molar refractivity (Wildman–Crippen MR) is 61.7 cm³/mol. The molecule has 0 saturated carbocycles. The molecule has 0 N–H and O–H groups in total. The molecule has 1 atom stereocenters. The summed E-state index contributed by atoms with van der Waals surface area (Å²) >= 11 is 0. The third-order valence-electron chi connectivity index (χ3n) is 2.86. The highest BCUT2D eigenvalue weighted by Crippen LogP contribution is 2.03. The molecule has 6 nitrogen and oxygen atoms in total. The van der Waals surface area contributed by atoms with Crippen LogP contribution in [0.1, 0.15) is 20.3 Å². The van der Waals surface area contributed by atoms with Gasteiger partial charge in [-0.2, -0.15) is 0 Å². The van der Waals surface area contributed by atoms with Gasteiger partial charge in [-0.05, 0) is 6.42 Å². The fraction of sp³-hybridized carbons (Fsp3) is 0.455. The SMILES string of the molecule is CCC(C)C(=O)Cn1nc2cnccn2c1=O. The summed E-state index contributed by atoms with van der Waals surface area (Å²) in [5.41, 5.74) is 0.147. The topological polar surface area (TPSA) is 69.3 Å². The molecule has 0 aromatic carbocycles. The van der Waals surface area contributed by atoms with E-state index in [0.717, 1.165) is 6.42 Å². The summed E-state index contributed by atoms with van der Waals surface area (Å²) in [6.07, 6.45) is 5.31. The number of nitrogens with zero attached hydrogens (tertiary/aromatic N) is 4. The first kappa shape index (κ1) is 11.5. The van der Waals surface area contributed by atoms with E-state index in [1.54, 1.807) is 0 Å². The molecule has 2 rings (SSSR count). The van der Waals surface area contributed by atoms with Crippen LogP contribution in [0, 0.1) is 5.92 Å². The maximum absolute atomic E-state index is 11.9. The fourth-order valence-electron chi connectivity index (χ4n) is 1.51. The van der Waals surface area contributed by atoms with Gasteiger partial charge in [-0.25, -0.2) is 13.9 Å². The van der Waals surface area contributed by atoms with E-state index < -0.39 is 0 Å². The van der Waals surface area contributed by atoms with E-state index in [-0.39, 0.29) is 23.9 Å². The number of carbonyl (C=O) groups is 1. The summed E-state index contributed by atoms with van der Waals surface area (Å²) in [6, 6.07) is 0. The summed E-state index contributed by atoms with van der Waals surface area (Å²) < 4.78 is 2.56. The lowest BCUT2D eigenvalue weighted by Crippen LogP contribution is -2.27. The quantitative estimate of drug-likeness (QED) is 0.772. The van der Waals surface area contributed by atoms with Gasteiger partial charge in [0.2, 0.25) is 0 Å². The minimum Gasteiger partial charge on any atom is -0.297 e. The van der Waals surface area contributed by atoms with Gasteiger partial charge in [-0.3, -0.25) is 9.78 Å². The number of aromatic nitrogens is 4. The van der Waals surface area contributed by atoms with Gasteiger partial charge in [0.05, 0.1) is 6.20 Å². The van der Waals surface area contributed by atoms with E-state index in [0.29, 0.717) is 5.65 Å². The van der Waals surface area contributed by atoms with Crippen LogP contribution in [0.5, 0.6) is 0 Å². The van der Waals surface area contributed by atoms with Crippen molar-refractivity contribution in [1.82, 2.24) is 19.2 Å². The normalized spacial score (nSPS) is 12.8. The lowest BCUT2D eigenvalue weighted by molar-refractivity contribution is -0.123. The Bertz CT molecular complexity index is 599. The molecule has 0 radical (unpaired) electrons. The lowest BCUT2D eigenvalue weighted by Gasteiger charge is -2.05. The van der Waals surface area contributed by atoms with Gasteiger partial charge < -0.3 is 0 Å². The van der Waals surface area contributed by atoms with Crippen molar-refractivity contribution in [1.29, 1.82) is 0 Å². The molecule has 0 saturated heterocycles. The van der Waals surface area contributed by atoms with Crippen LogP contribution < -0.4 is 5.69 Å². The zero-order valence-electron chi connectivity index (χ0n) is 9.83. The Hall–Kier alpha value is -1.98. The Morgan fingerprint density at radius 3 is 2.94 bits per heavy atom. The van der Waals surface area contributed by atoms with Crippen molar-refractivity contribution < 1.29 is 4.79 Å². The summed E-state index contributed by atoms with van der Waals surface area (Å²) in [7, 11) is 0. The molecule has 1 unspecified atom stereocenters. The zero-order valence-corrected chi connectivity index (χ0v) is 9.83. The van der Waals surface area contributed by atoms with Crippen LogP contribution in [0.4, 0.5) is 0 Å². The molecule has 0 spiro atoms. The first-order chi connectivity index (χ1) is 8.13. The summed E-state index contributed by atoms with van der Waals surface area (Å²) in [6.45, 7) is 3.82. The van der Waals surface area contributed by atoms with Gasteiger partial charge in [0.1, 0.15) is 6.54 Å². The van der Waals surface area contributed by atoms with Gasteiger partial charge in [0.15, 0.2) is 11.4 Å². The van der Waals surface area contributed by atoms with Gasteiger partial charge in [0.25, 0.3) is 0 Å². The Kier molecular flexibility index (Phi) is 3.03. The monoisotopic (exact) mass is 234 g/mol. The number of hydrogen-bond donors (Lipinski definition) is 0. The van der Waals surface area contributed by atoms with Crippen molar-refractivity contribution in [2.45, 2.75) is 26.8 Å². The summed E-state index contributed by atoms with van der Waals surface area (Å²) in [5, 5.41) is 4.05. The highest BCUT2D eigenvalue weighted by molar-refractivity contribution is 5.80. The third kappa shape index (κ3) is 2.11. The second kappa shape index (κ2) is 4.48. The minimum atomic E-state index is -0.306. The molecule has 0 fully saturated rings. The second-order valence-corrected chi connectivity index (χ2v) is 4.02. The van der Waals surface area contributed by atoms with Crippen molar-refractivity contribution in [3.63, 3.8) is 0 Å². The minimum absolute atomic E-state index is 0.0194. The maximum atomic E-state index is 11.9. The Labute approximate surface area is 97.9 Å². The van der Waals surface area contributed by atoms with Gasteiger partial charge in [-0.1, -0.05) is 13.8 Å². The summed E-state index contributed by atoms with van der Waals surface area (Å²) in [5.74, 6) is -0.0317. The number of ketones is 1. The van der Waals surface area contributed by atoms with E-state index in [4.69, 9.17) is 0 Å². The number of carbonyl (C=O) groups excluding carboxylic acids is 1. The van der Waals surface area contributed by atoms with E-state index in [1.807, 2.05) is 13.8 Å². The number of fused-ring (bicyclic) bond motifs is 1. The average molecular weight is 234 g/mol. The molecule has 2 aromatic heterocycles. The van der Waals surface area contributed by atoms with Crippen molar-refractivity contribution in [2.75, 3.05) is 0 Å². The van der Waals surface area contributed by atoms with E-state index in [2.05, 4.69) is 10.1 Å². The molecule has 90 valence electrons. The van der Waals surface area contributed by atoms with Gasteiger partial charge in [0, 0.05) is 18.3 Å². The van der Waals surface area contributed by atoms with E-state index in [9.17, 15) is 9.59 Å². The van der Waals surface area contributed by atoms with Crippen LogP contribution in [0.3, 0.4) is 0 Å². The third-order valence-corrected chi connectivity index (χ3v) is 2.86. The van der Waals surface area contributed by atoms with Crippen LogP contribution in [0.15, 0.2) is 23.4 Å². The molecular weight excluding hydrogens is 220 g/mol. The molecule has 6 heteroatoms. The molecular formula is C11H14N4O2. The number of rotatable bonds is 4. The highest BCUT2D eigenvalue weighted by atomic mass is 16.2. The molecule has 0 aliphatic carbocycles. The molecule has 0 bridgehead atoms. The van der Waals surface area contributed by atoms with Crippen LogP contribution in [0.25, 0.3) is 5.65 Å². The average Bonchev–Trinajstić information content (AvgIpc) is 2.66. The van der Waals surface area contributed by atoms with E-state index in [1.165, 1.54) is 27.7 Å². The Morgan fingerprint density at radius 2 is 2.29 bits per heavy atom. The Morgan fingerprint density at radius 1 is 1.53 bits per heavy atom. The van der Waals surface area contributed by atoms with Crippen molar-refractivity contribution in [2.24, 2.45) is 5.92 Å². The van der Waals surface area contributed by atoms with Crippen molar-refractivity contribution >= 4 is 11.4 Å². The summed E-state index contributed by atoms with van der Waals surface area (Å²) in [4.78, 5) is 27.5. The predicted octanol–water partition coefficient (Wildman–Crippen LogP) is 0.506. The number of hydrogen-bond acceptors (Lipinski definition) is 4. The van der Waals surface area contributed by atoms with Crippen LogP contribution in [-0.2, 0) is 11.3 Å². The molecule has 2 heterocycles. The maximum Gasteiger partial charge on any atom is 0.350 e. The van der Waals surface area contributed by atoms with E-state index >= 15 is 0 Å². The smallest absolute Gasteiger partial charge is 0.297 e. The van der Waals surface area contributed by atoms with Crippen molar-refractivity contribution in [3.8, 4) is 0 Å². The van der Waals surface area contributed by atoms with Crippen LogP contribution in [0.2, 0.25) is 0 Å². The lowest BCUT2D eigenvalue weighted by atomic mass is 10.0. The highest BCUT2D eigenvalue weighted by Gasteiger charge is 2.14. The molecule has 0 aliphatic rings. The zero-order chi connectivity index (χ0) is 12.4. The van der Waals surface area contributed by atoms with Crippen LogP contribution >= 0.6 is 0 Å². The standard InChI is InChI=1S/C11H14N4O2/c1-3-8(2)9(16)7-15-11(17)14-5-4-12-6-10(14)13-15/h4-6,8H,3,7H2,1-2H3. The first-order valence-corrected chi connectivity index (χ1v) is 5.55. The van der Waals surface area contributed by atoms with Gasteiger partial charge >= 0.3 is 5.69 Å². The van der Waals surface area contributed by atoms with Crippen molar-refractivity contribution in [3.05, 3.63) is 29.1 Å². The molecule has 0 amide bonds. The first-order valence-electron chi connectivity index (χ1n) is 5.55. The van der Waals surface area contributed by atoms with Gasteiger partial charge in [-0.15, -0.1) is 5.10 Å². The fourth-order valence-corrected chi connectivity index (χ4v) is 1.51. The largest absolute Gasteiger partial charge is 0.350 e. The molecule has 2 aromatic rings. The Balaban J connectivity index is 2.34. The molecule has 0 aliphatic heterocycles. The number of Topliss-reactive ketones (excluding diaryl/α,β-unsaturated/α-hetero) is 1. The molecule has 17 heavy (non-hydrogen) atoms. The van der Waals surface area contributed by atoms with Crippen LogP contribution in [-0.4, -0.2) is 24.9 Å². The second-order valence-electron chi connectivity index (χ2n) is 4.02.